The van der Waals surface area contributed by atoms with Gasteiger partial charge in [0.05, 0.1) is 23.7 Å². The van der Waals surface area contributed by atoms with Crippen molar-refractivity contribution in [2.45, 2.75) is 13.8 Å². The molecule has 0 radical (unpaired) electrons. The molecule has 0 aliphatic carbocycles. The van der Waals surface area contributed by atoms with Gasteiger partial charge in [-0.15, -0.1) is 0 Å². The molecule has 1 heterocycles. The first-order chi connectivity index (χ1) is 11.6. The summed E-state index contributed by atoms with van der Waals surface area (Å²) in [6.45, 7) is 4.00. The predicted octanol–water partition coefficient (Wildman–Crippen LogP) is 3.14. The third kappa shape index (κ3) is 3.27. The van der Waals surface area contributed by atoms with Crippen molar-refractivity contribution in [3.8, 4) is 11.4 Å². The van der Waals surface area contributed by atoms with Gasteiger partial charge in [0.25, 0.3) is 0 Å². The summed E-state index contributed by atoms with van der Waals surface area (Å²) in [5, 5.41) is 0. The number of aromatic nitrogens is 2. The number of hydrogen-bond donors (Lipinski definition) is 2. The van der Waals surface area contributed by atoms with Crippen molar-refractivity contribution < 1.29 is 14.3 Å². The van der Waals surface area contributed by atoms with E-state index in [9.17, 15) is 9.59 Å². The average Bonchev–Trinajstić information content (AvgIpc) is 3.05. The van der Waals surface area contributed by atoms with Gasteiger partial charge in [0.1, 0.15) is 5.82 Å². The summed E-state index contributed by atoms with van der Waals surface area (Å²) in [7, 11) is 1.33. The third-order valence-electron chi connectivity index (χ3n) is 3.35. The molecule has 3 rings (SSSR count). The number of nitrogens with zero attached hydrogens (tertiary/aromatic N) is 1. The molecule has 24 heavy (non-hydrogen) atoms. The Kier molecular flexibility index (Phi) is 5.31. The smallest absolute Gasteiger partial charge is 0.338 e. The molecule has 3 N–H and O–H groups in total. The Bertz CT molecular complexity index is 884. The maximum Gasteiger partial charge on any atom is 0.338 e. The maximum atomic E-state index is 11.8. The quantitative estimate of drug-likeness (QED) is 0.723. The number of ether oxygens (including phenoxy) is 1. The van der Waals surface area contributed by atoms with Crippen molar-refractivity contribution >= 4 is 22.9 Å². The molecular weight excluding hydrogens is 306 g/mol. The largest absolute Gasteiger partial charge is 0.465 e. The van der Waals surface area contributed by atoms with Crippen molar-refractivity contribution in [1.82, 2.24) is 9.97 Å². The molecule has 1 aromatic heterocycles. The standard InChI is InChI=1S/C16H13N3O3.C2H6/c1-22-16(21)11-5-3-2-4-10(11)15-18-12-7-6-9(14(17)20)8-13(12)19-15;1-2/h2-8H,1H3,(H2,17,20)(H,18,19);1-2H3. The van der Waals surface area contributed by atoms with Crippen LogP contribution in [0.1, 0.15) is 34.6 Å². The molecule has 124 valence electrons. The minimum atomic E-state index is -0.506. The molecule has 6 heteroatoms. The topological polar surface area (TPSA) is 98.1 Å². The SMILES string of the molecule is CC.COC(=O)c1ccccc1-c1nc2ccc(C(N)=O)cc2[nH]1. The molecule has 0 saturated carbocycles. The van der Waals surface area contributed by atoms with Crippen LogP contribution in [0, 0.1) is 0 Å². The van der Waals surface area contributed by atoms with E-state index in [1.54, 1.807) is 36.4 Å². The van der Waals surface area contributed by atoms with E-state index in [0.29, 0.717) is 33.5 Å². The van der Waals surface area contributed by atoms with Crippen molar-refractivity contribution in [1.29, 1.82) is 0 Å². The second-order valence-electron chi connectivity index (χ2n) is 4.72. The van der Waals surface area contributed by atoms with Gasteiger partial charge in [0.15, 0.2) is 0 Å². The van der Waals surface area contributed by atoms with Crippen LogP contribution in [-0.2, 0) is 4.74 Å². The highest BCUT2D eigenvalue weighted by Crippen LogP contribution is 2.25. The number of hydrogen-bond acceptors (Lipinski definition) is 4. The van der Waals surface area contributed by atoms with Gasteiger partial charge in [-0.25, -0.2) is 9.78 Å². The fourth-order valence-corrected chi connectivity index (χ4v) is 2.27. The van der Waals surface area contributed by atoms with Gasteiger partial charge in [-0.3, -0.25) is 4.79 Å². The van der Waals surface area contributed by atoms with E-state index in [0.717, 1.165) is 0 Å². The van der Waals surface area contributed by atoms with Gasteiger partial charge in [-0.2, -0.15) is 0 Å². The first-order valence-electron chi connectivity index (χ1n) is 7.57. The molecule has 0 atom stereocenters. The number of carbonyl (C=O) groups is 2. The summed E-state index contributed by atoms with van der Waals surface area (Å²) >= 11 is 0. The second kappa shape index (κ2) is 7.41. The average molecular weight is 325 g/mol. The van der Waals surface area contributed by atoms with E-state index in [1.165, 1.54) is 7.11 Å². The highest BCUT2D eigenvalue weighted by atomic mass is 16.5. The third-order valence-corrected chi connectivity index (χ3v) is 3.35. The second-order valence-corrected chi connectivity index (χ2v) is 4.72. The Balaban J connectivity index is 0.00000100. The maximum absolute atomic E-state index is 11.8. The lowest BCUT2D eigenvalue weighted by molar-refractivity contribution is 0.0601. The molecule has 0 saturated heterocycles. The Labute approximate surface area is 139 Å². The fraction of sp³-hybridized carbons (Fsp3) is 0.167. The fourth-order valence-electron chi connectivity index (χ4n) is 2.27. The lowest BCUT2D eigenvalue weighted by Crippen LogP contribution is -2.10. The van der Waals surface area contributed by atoms with Gasteiger partial charge in [-0.1, -0.05) is 32.0 Å². The number of methoxy groups -OCH3 is 1. The summed E-state index contributed by atoms with van der Waals surface area (Å²) in [6, 6.07) is 12.0. The number of nitrogens with one attached hydrogen (secondary N) is 1. The van der Waals surface area contributed by atoms with Crippen LogP contribution in [0.2, 0.25) is 0 Å². The number of rotatable bonds is 3. The molecule has 0 bridgehead atoms. The number of fused-ring (bicyclic) bond motifs is 1. The van der Waals surface area contributed by atoms with Crippen LogP contribution in [0.3, 0.4) is 0 Å². The van der Waals surface area contributed by atoms with E-state index in [4.69, 9.17) is 10.5 Å². The van der Waals surface area contributed by atoms with Gasteiger partial charge < -0.3 is 15.5 Å². The molecule has 1 amide bonds. The zero-order chi connectivity index (χ0) is 17.7. The number of carbonyl (C=O) groups excluding carboxylic acids is 2. The van der Waals surface area contributed by atoms with E-state index < -0.39 is 11.9 Å². The zero-order valence-electron chi connectivity index (χ0n) is 13.8. The molecule has 3 aromatic rings. The molecule has 6 nitrogen and oxygen atoms in total. The molecule has 0 unspecified atom stereocenters. The Hall–Kier alpha value is -3.15. The molecule has 0 aliphatic rings. The van der Waals surface area contributed by atoms with Gasteiger partial charge in [0, 0.05) is 11.1 Å². The number of primary amides is 1. The van der Waals surface area contributed by atoms with E-state index in [-0.39, 0.29) is 0 Å². The lowest BCUT2D eigenvalue weighted by Gasteiger charge is -2.04. The Morgan fingerprint density at radius 2 is 1.83 bits per heavy atom. The van der Waals surface area contributed by atoms with Crippen LogP contribution < -0.4 is 5.73 Å². The van der Waals surface area contributed by atoms with Crippen molar-refractivity contribution in [2.24, 2.45) is 5.73 Å². The number of H-pyrrole nitrogens is 1. The summed E-state index contributed by atoms with van der Waals surface area (Å²) in [5.74, 6) is -0.417. The van der Waals surface area contributed by atoms with Crippen molar-refractivity contribution in [3.63, 3.8) is 0 Å². The molecule has 0 aliphatic heterocycles. The number of imidazole rings is 1. The molecule has 0 spiro atoms. The van der Waals surface area contributed by atoms with Crippen LogP contribution in [0.15, 0.2) is 42.5 Å². The normalized spacial score (nSPS) is 9.96. The number of nitrogens with two attached hydrogens (primary N) is 1. The number of benzene rings is 2. The predicted molar refractivity (Wildman–Crippen MR) is 92.7 cm³/mol. The summed E-state index contributed by atoms with van der Waals surface area (Å²) in [4.78, 5) is 30.6. The Morgan fingerprint density at radius 1 is 1.12 bits per heavy atom. The first kappa shape index (κ1) is 17.2. The van der Waals surface area contributed by atoms with E-state index in [1.807, 2.05) is 19.9 Å². The highest BCUT2D eigenvalue weighted by molar-refractivity contribution is 5.98. The summed E-state index contributed by atoms with van der Waals surface area (Å²) in [5.41, 5.74) is 8.06. The van der Waals surface area contributed by atoms with Crippen LogP contribution in [0.25, 0.3) is 22.4 Å². The first-order valence-corrected chi connectivity index (χ1v) is 7.57. The van der Waals surface area contributed by atoms with Crippen molar-refractivity contribution in [2.75, 3.05) is 7.11 Å². The lowest BCUT2D eigenvalue weighted by atomic mass is 10.1. The van der Waals surface area contributed by atoms with Crippen LogP contribution in [-0.4, -0.2) is 29.0 Å². The number of aromatic amines is 1. The minimum absolute atomic E-state index is 0.393. The van der Waals surface area contributed by atoms with Gasteiger partial charge in [0.2, 0.25) is 5.91 Å². The zero-order valence-corrected chi connectivity index (χ0v) is 13.8. The van der Waals surface area contributed by atoms with E-state index in [2.05, 4.69) is 9.97 Å². The molecule has 2 aromatic carbocycles. The Morgan fingerprint density at radius 3 is 2.50 bits per heavy atom. The van der Waals surface area contributed by atoms with Crippen LogP contribution >= 0.6 is 0 Å². The van der Waals surface area contributed by atoms with Gasteiger partial charge >= 0.3 is 5.97 Å². The van der Waals surface area contributed by atoms with Crippen LogP contribution in [0.5, 0.6) is 0 Å². The summed E-state index contributed by atoms with van der Waals surface area (Å²) in [6.07, 6.45) is 0. The van der Waals surface area contributed by atoms with E-state index >= 15 is 0 Å². The monoisotopic (exact) mass is 325 g/mol. The number of amides is 1. The minimum Gasteiger partial charge on any atom is -0.465 e. The number of esters is 1. The molecule has 0 fully saturated rings. The van der Waals surface area contributed by atoms with Crippen LogP contribution in [0.4, 0.5) is 0 Å². The summed E-state index contributed by atoms with van der Waals surface area (Å²) < 4.78 is 4.78. The highest BCUT2D eigenvalue weighted by Gasteiger charge is 2.15. The van der Waals surface area contributed by atoms with Crippen molar-refractivity contribution in [3.05, 3.63) is 53.6 Å². The molecular formula is C18H19N3O3. The van der Waals surface area contributed by atoms with Gasteiger partial charge in [-0.05, 0) is 24.3 Å².